The summed E-state index contributed by atoms with van der Waals surface area (Å²) >= 11 is 0. The number of rotatable bonds is 2. The standard InChI is InChI=1S/C15H18N2O3/c1-3-10-8-20-9(2)7-17(10)11-4-5-12-13(6-11)16-15(19)14(12)18/h4-6,9-10H,3,7-8H2,1-2H3,(H,16,18,19). The minimum absolute atomic E-state index is 0.183. The molecule has 0 aromatic heterocycles. The van der Waals surface area contributed by atoms with E-state index in [1.807, 2.05) is 12.1 Å². The largest absolute Gasteiger partial charge is 0.375 e. The molecule has 106 valence electrons. The second-order valence-electron chi connectivity index (χ2n) is 5.37. The molecule has 2 aliphatic heterocycles. The number of anilines is 2. The van der Waals surface area contributed by atoms with Gasteiger partial charge in [-0.1, -0.05) is 6.92 Å². The van der Waals surface area contributed by atoms with Crippen LogP contribution in [0.4, 0.5) is 11.4 Å². The van der Waals surface area contributed by atoms with Crippen LogP contribution in [-0.4, -0.2) is 37.0 Å². The number of ketones is 1. The van der Waals surface area contributed by atoms with Gasteiger partial charge < -0.3 is 15.0 Å². The first-order valence-corrected chi connectivity index (χ1v) is 6.98. The molecule has 0 saturated carbocycles. The number of hydrogen-bond donors (Lipinski definition) is 1. The fourth-order valence-electron chi connectivity index (χ4n) is 2.81. The number of nitrogens with one attached hydrogen (secondary N) is 1. The van der Waals surface area contributed by atoms with Gasteiger partial charge in [0.2, 0.25) is 0 Å². The molecule has 1 aromatic carbocycles. The quantitative estimate of drug-likeness (QED) is 0.836. The number of carbonyl (C=O) groups is 2. The van der Waals surface area contributed by atoms with Crippen LogP contribution in [0.2, 0.25) is 0 Å². The maximum Gasteiger partial charge on any atom is 0.296 e. The van der Waals surface area contributed by atoms with E-state index in [0.29, 0.717) is 23.9 Å². The van der Waals surface area contributed by atoms with Gasteiger partial charge in [0, 0.05) is 12.2 Å². The summed E-state index contributed by atoms with van der Waals surface area (Å²) in [4.78, 5) is 25.3. The molecule has 0 aliphatic carbocycles. The highest BCUT2D eigenvalue weighted by molar-refractivity contribution is 6.51. The van der Waals surface area contributed by atoms with Gasteiger partial charge in [0.15, 0.2) is 0 Å². The van der Waals surface area contributed by atoms with Crippen LogP contribution in [0.25, 0.3) is 0 Å². The highest BCUT2D eigenvalue weighted by Crippen LogP contribution is 2.31. The summed E-state index contributed by atoms with van der Waals surface area (Å²) in [7, 11) is 0. The highest BCUT2D eigenvalue weighted by atomic mass is 16.5. The number of Topliss-reactive ketones (excluding diaryl/α,β-unsaturated/α-hetero) is 1. The molecule has 1 fully saturated rings. The molecule has 2 atom stereocenters. The van der Waals surface area contributed by atoms with E-state index in [1.54, 1.807) is 6.07 Å². The molecule has 0 spiro atoms. The Hall–Kier alpha value is -1.88. The van der Waals surface area contributed by atoms with Crippen LogP contribution in [0.3, 0.4) is 0 Å². The predicted molar refractivity (Wildman–Crippen MR) is 76.2 cm³/mol. The van der Waals surface area contributed by atoms with Crippen molar-refractivity contribution < 1.29 is 14.3 Å². The van der Waals surface area contributed by atoms with Crippen molar-refractivity contribution in [2.45, 2.75) is 32.4 Å². The average molecular weight is 274 g/mol. The zero-order valence-corrected chi connectivity index (χ0v) is 11.7. The first kappa shape index (κ1) is 13.1. The van der Waals surface area contributed by atoms with E-state index in [2.05, 4.69) is 24.1 Å². The minimum atomic E-state index is -0.542. The molecule has 1 N–H and O–H groups in total. The number of hydrogen-bond acceptors (Lipinski definition) is 4. The van der Waals surface area contributed by atoms with Gasteiger partial charge in [-0.3, -0.25) is 9.59 Å². The lowest BCUT2D eigenvalue weighted by Gasteiger charge is -2.40. The van der Waals surface area contributed by atoms with E-state index in [0.717, 1.165) is 18.7 Å². The van der Waals surface area contributed by atoms with E-state index < -0.39 is 11.7 Å². The molecule has 2 unspecified atom stereocenters. The van der Waals surface area contributed by atoms with Gasteiger partial charge >= 0.3 is 0 Å². The van der Waals surface area contributed by atoms with Crippen molar-refractivity contribution in [2.24, 2.45) is 0 Å². The normalized spacial score (nSPS) is 25.6. The van der Waals surface area contributed by atoms with Gasteiger partial charge in [0.25, 0.3) is 11.7 Å². The topological polar surface area (TPSA) is 58.6 Å². The van der Waals surface area contributed by atoms with E-state index in [1.165, 1.54) is 0 Å². The Labute approximate surface area is 117 Å². The van der Waals surface area contributed by atoms with Gasteiger partial charge in [-0.15, -0.1) is 0 Å². The van der Waals surface area contributed by atoms with Crippen LogP contribution >= 0.6 is 0 Å². The number of carbonyl (C=O) groups excluding carboxylic acids is 2. The van der Waals surface area contributed by atoms with Gasteiger partial charge in [-0.25, -0.2) is 0 Å². The lowest BCUT2D eigenvalue weighted by atomic mass is 10.1. The van der Waals surface area contributed by atoms with Crippen LogP contribution in [-0.2, 0) is 9.53 Å². The molecule has 1 saturated heterocycles. The lowest BCUT2D eigenvalue weighted by Crippen LogP contribution is -2.48. The zero-order chi connectivity index (χ0) is 14.3. The average Bonchev–Trinajstić information content (AvgIpc) is 2.73. The first-order valence-electron chi connectivity index (χ1n) is 6.98. The molecule has 0 radical (unpaired) electrons. The summed E-state index contributed by atoms with van der Waals surface area (Å²) in [5.41, 5.74) is 2.11. The Morgan fingerprint density at radius 2 is 2.20 bits per heavy atom. The number of nitrogens with zero attached hydrogens (tertiary/aromatic N) is 1. The van der Waals surface area contributed by atoms with E-state index in [-0.39, 0.29) is 6.10 Å². The molecular weight excluding hydrogens is 256 g/mol. The first-order chi connectivity index (χ1) is 9.60. The lowest BCUT2D eigenvalue weighted by molar-refractivity contribution is -0.112. The van der Waals surface area contributed by atoms with E-state index in [9.17, 15) is 9.59 Å². The van der Waals surface area contributed by atoms with Gasteiger partial charge in [0.1, 0.15) is 0 Å². The van der Waals surface area contributed by atoms with Crippen molar-refractivity contribution in [1.29, 1.82) is 0 Å². The van der Waals surface area contributed by atoms with Gasteiger partial charge in [-0.05, 0) is 31.5 Å². The summed E-state index contributed by atoms with van der Waals surface area (Å²) in [6.45, 7) is 5.71. The molecule has 20 heavy (non-hydrogen) atoms. The van der Waals surface area contributed by atoms with Crippen molar-refractivity contribution in [1.82, 2.24) is 0 Å². The SMILES string of the molecule is CCC1COC(C)CN1c1ccc2c(c1)NC(=O)C2=O. The van der Waals surface area contributed by atoms with E-state index in [4.69, 9.17) is 4.74 Å². The molecule has 3 rings (SSSR count). The van der Waals surface area contributed by atoms with Crippen molar-refractivity contribution in [3.63, 3.8) is 0 Å². The third-order valence-electron chi connectivity index (χ3n) is 3.97. The number of benzene rings is 1. The monoisotopic (exact) mass is 274 g/mol. The molecule has 5 nitrogen and oxygen atoms in total. The molecule has 1 aromatic rings. The van der Waals surface area contributed by atoms with Crippen LogP contribution in [0.1, 0.15) is 30.6 Å². The summed E-state index contributed by atoms with van der Waals surface area (Å²) in [5, 5.41) is 2.62. The van der Waals surface area contributed by atoms with Gasteiger partial charge in [0.05, 0.1) is 30.0 Å². The maximum atomic E-state index is 11.6. The second kappa shape index (κ2) is 4.90. The van der Waals surface area contributed by atoms with Crippen molar-refractivity contribution in [2.75, 3.05) is 23.4 Å². The third-order valence-corrected chi connectivity index (χ3v) is 3.97. The van der Waals surface area contributed by atoms with Crippen molar-refractivity contribution in [3.05, 3.63) is 23.8 Å². The molecular formula is C15H18N2O3. The number of amides is 1. The molecule has 2 aliphatic rings. The summed E-state index contributed by atoms with van der Waals surface area (Å²) in [6, 6.07) is 5.87. The Morgan fingerprint density at radius 1 is 1.40 bits per heavy atom. The Morgan fingerprint density at radius 3 is 2.95 bits per heavy atom. The molecule has 0 bridgehead atoms. The van der Waals surface area contributed by atoms with Crippen LogP contribution in [0.5, 0.6) is 0 Å². The van der Waals surface area contributed by atoms with Crippen LogP contribution < -0.4 is 10.2 Å². The summed E-state index contributed by atoms with van der Waals surface area (Å²) in [5.74, 6) is -0.992. The highest BCUT2D eigenvalue weighted by Gasteiger charge is 2.30. The zero-order valence-electron chi connectivity index (χ0n) is 11.7. The van der Waals surface area contributed by atoms with Crippen LogP contribution in [0.15, 0.2) is 18.2 Å². The Balaban J connectivity index is 1.92. The second-order valence-corrected chi connectivity index (χ2v) is 5.37. The van der Waals surface area contributed by atoms with Crippen LogP contribution in [0, 0.1) is 0 Å². The fraction of sp³-hybridized carbons (Fsp3) is 0.467. The maximum absolute atomic E-state index is 11.6. The van der Waals surface area contributed by atoms with E-state index >= 15 is 0 Å². The summed E-state index contributed by atoms with van der Waals surface area (Å²) in [6.07, 6.45) is 1.18. The minimum Gasteiger partial charge on any atom is -0.375 e. The van der Waals surface area contributed by atoms with Crippen molar-refractivity contribution >= 4 is 23.1 Å². The molecule has 5 heteroatoms. The fourth-order valence-corrected chi connectivity index (χ4v) is 2.81. The van der Waals surface area contributed by atoms with Crippen molar-refractivity contribution in [3.8, 4) is 0 Å². The Kier molecular flexibility index (Phi) is 3.22. The smallest absolute Gasteiger partial charge is 0.296 e. The number of morpholine rings is 1. The Bertz CT molecular complexity index is 570. The summed E-state index contributed by atoms with van der Waals surface area (Å²) < 4.78 is 5.69. The number of fused-ring (bicyclic) bond motifs is 1. The number of ether oxygens (including phenoxy) is 1. The predicted octanol–water partition coefficient (Wildman–Crippen LogP) is 1.83. The molecule has 2 heterocycles. The third kappa shape index (κ3) is 2.08. The molecule has 1 amide bonds. The van der Waals surface area contributed by atoms with Gasteiger partial charge in [-0.2, -0.15) is 0 Å².